The van der Waals surface area contributed by atoms with E-state index in [4.69, 9.17) is 0 Å². The van der Waals surface area contributed by atoms with Crippen LogP contribution < -0.4 is 0 Å². The Kier molecular flexibility index (Phi) is 8.73. The summed E-state index contributed by atoms with van der Waals surface area (Å²) in [4.78, 5) is 2.28. The molecule has 0 aromatic carbocycles. The van der Waals surface area contributed by atoms with Crippen molar-refractivity contribution in [3.63, 3.8) is 0 Å². The van der Waals surface area contributed by atoms with Gasteiger partial charge in [0.05, 0.1) is 6.10 Å². The van der Waals surface area contributed by atoms with Crippen molar-refractivity contribution in [1.82, 2.24) is 4.90 Å². The third-order valence-electron chi connectivity index (χ3n) is 2.94. The Bertz CT molecular complexity index is 268. The normalized spacial score (nSPS) is 18.1. The molecule has 0 aromatic heterocycles. The molecule has 0 radical (unpaired) electrons. The number of β-amino-alcohol motifs (C(OH)–C–C–N with tert-alkyl or cyclic N) is 1. The van der Waals surface area contributed by atoms with E-state index >= 15 is 0 Å². The Hall–Kier alpha value is -0.860. The third-order valence-corrected chi connectivity index (χ3v) is 2.94. The zero-order valence-electron chi connectivity index (χ0n) is 11.6. The monoisotopic (exact) mass is 237 g/mol. The lowest BCUT2D eigenvalue weighted by atomic mass is 9.99. The minimum atomic E-state index is -0.207. The first-order chi connectivity index (χ1) is 8.21. The minimum absolute atomic E-state index is 0.207. The Balaban J connectivity index is 0.00000121. The summed E-state index contributed by atoms with van der Waals surface area (Å²) in [5.41, 5.74) is 2.55. The summed E-state index contributed by atoms with van der Waals surface area (Å²) < 4.78 is 0. The molecule has 1 unspecified atom stereocenters. The summed E-state index contributed by atoms with van der Waals surface area (Å²) in [6.45, 7) is 16.3. The summed E-state index contributed by atoms with van der Waals surface area (Å²) in [7, 11) is 0. The Morgan fingerprint density at radius 2 is 1.88 bits per heavy atom. The van der Waals surface area contributed by atoms with Crippen LogP contribution in [0, 0.1) is 0 Å². The van der Waals surface area contributed by atoms with Gasteiger partial charge in [-0.2, -0.15) is 0 Å². The second-order valence-corrected chi connectivity index (χ2v) is 4.01. The van der Waals surface area contributed by atoms with Crippen LogP contribution in [-0.2, 0) is 0 Å². The number of hydrogen-bond donors (Lipinski definition) is 1. The Labute approximate surface area is 106 Å². The van der Waals surface area contributed by atoms with Crippen molar-refractivity contribution in [3.8, 4) is 0 Å². The second-order valence-electron chi connectivity index (χ2n) is 4.01. The van der Waals surface area contributed by atoms with E-state index in [1.54, 1.807) is 0 Å². The minimum Gasteiger partial charge on any atom is -0.392 e. The topological polar surface area (TPSA) is 23.5 Å². The van der Waals surface area contributed by atoms with Crippen molar-refractivity contribution in [2.45, 2.75) is 39.7 Å². The molecule has 1 atom stereocenters. The molecule has 0 fully saturated rings. The lowest BCUT2D eigenvalue weighted by molar-refractivity contribution is 0.112. The van der Waals surface area contributed by atoms with Gasteiger partial charge >= 0.3 is 0 Å². The van der Waals surface area contributed by atoms with Crippen molar-refractivity contribution in [1.29, 1.82) is 0 Å². The van der Waals surface area contributed by atoms with Crippen molar-refractivity contribution < 1.29 is 5.11 Å². The van der Waals surface area contributed by atoms with Gasteiger partial charge in [0.1, 0.15) is 0 Å². The number of hydrogen-bond acceptors (Lipinski definition) is 2. The molecule has 1 aliphatic heterocycles. The first-order valence-corrected chi connectivity index (χ1v) is 6.58. The van der Waals surface area contributed by atoms with Gasteiger partial charge in [-0.3, -0.25) is 4.90 Å². The number of aliphatic hydroxyl groups is 1. The summed E-state index contributed by atoms with van der Waals surface area (Å²) in [6.07, 6.45) is 5.45. The van der Waals surface area contributed by atoms with E-state index in [1.807, 2.05) is 32.9 Å². The predicted octanol–water partition coefficient (Wildman–Crippen LogP) is 3.16. The van der Waals surface area contributed by atoms with E-state index in [1.165, 1.54) is 11.1 Å². The van der Waals surface area contributed by atoms with E-state index in [-0.39, 0.29) is 6.10 Å². The number of allylic oxidation sites excluding steroid dienone is 1. The SMILES string of the molecule is C=CC1=C(C=C)CN(CC(O)CC)CC1.CC. The van der Waals surface area contributed by atoms with E-state index in [0.29, 0.717) is 0 Å². The molecule has 0 bridgehead atoms. The quantitative estimate of drug-likeness (QED) is 0.794. The zero-order chi connectivity index (χ0) is 13.3. The third kappa shape index (κ3) is 5.33. The fourth-order valence-electron chi connectivity index (χ4n) is 1.87. The van der Waals surface area contributed by atoms with Gasteiger partial charge in [0.25, 0.3) is 0 Å². The fraction of sp³-hybridized carbons (Fsp3) is 0.600. The van der Waals surface area contributed by atoms with Crippen LogP contribution in [0.4, 0.5) is 0 Å². The molecule has 1 N–H and O–H groups in total. The molecule has 1 rings (SSSR count). The van der Waals surface area contributed by atoms with E-state index in [9.17, 15) is 5.11 Å². The lowest BCUT2D eigenvalue weighted by Crippen LogP contribution is -2.37. The van der Waals surface area contributed by atoms with Gasteiger partial charge in [-0.15, -0.1) is 0 Å². The first-order valence-electron chi connectivity index (χ1n) is 6.58. The van der Waals surface area contributed by atoms with Crippen LogP contribution in [0.25, 0.3) is 0 Å². The summed E-state index contributed by atoms with van der Waals surface area (Å²) in [5, 5.41) is 9.59. The van der Waals surface area contributed by atoms with Crippen molar-refractivity contribution >= 4 is 0 Å². The van der Waals surface area contributed by atoms with Gasteiger partial charge in [-0.25, -0.2) is 0 Å². The molecule has 98 valence electrons. The molecule has 0 spiro atoms. The molecular weight excluding hydrogens is 210 g/mol. The van der Waals surface area contributed by atoms with Crippen molar-refractivity contribution in [2.24, 2.45) is 0 Å². The van der Waals surface area contributed by atoms with Gasteiger partial charge in [-0.05, 0) is 24.0 Å². The van der Waals surface area contributed by atoms with Gasteiger partial charge < -0.3 is 5.11 Å². The molecule has 1 heterocycles. The maximum Gasteiger partial charge on any atom is 0.0664 e. The van der Waals surface area contributed by atoms with E-state index < -0.39 is 0 Å². The lowest BCUT2D eigenvalue weighted by Gasteiger charge is -2.30. The molecule has 0 aromatic rings. The number of nitrogens with zero attached hydrogens (tertiary/aromatic N) is 1. The average Bonchev–Trinajstić information content (AvgIpc) is 2.40. The van der Waals surface area contributed by atoms with Crippen LogP contribution in [0.2, 0.25) is 0 Å². The fourth-order valence-corrected chi connectivity index (χ4v) is 1.87. The highest BCUT2D eigenvalue weighted by molar-refractivity contribution is 5.34. The molecule has 0 aliphatic carbocycles. The average molecular weight is 237 g/mol. The summed E-state index contributed by atoms with van der Waals surface area (Å²) >= 11 is 0. The first kappa shape index (κ1) is 16.1. The highest BCUT2D eigenvalue weighted by Gasteiger charge is 2.17. The van der Waals surface area contributed by atoms with Crippen LogP contribution in [-0.4, -0.2) is 35.7 Å². The van der Waals surface area contributed by atoms with Gasteiger partial charge in [-0.1, -0.05) is 46.1 Å². The highest BCUT2D eigenvalue weighted by atomic mass is 16.3. The second kappa shape index (κ2) is 9.20. The van der Waals surface area contributed by atoms with Crippen molar-refractivity contribution in [3.05, 3.63) is 36.5 Å². The maximum absolute atomic E-state index is 9.59. The molecule has 0 saturated heterocycles. The van der Waals surface area contributed by atoms with Gasteiger partial charge in [0, 0.05) is 19.6 Å². The predicted molar refractivity (Wildman–Crippen MR) is 76.1 cm³/mol. The number of rotatable bonds is 5. The van der Waals surface area contributed by atoms with Gasteiger partial charge in [0.2, 0.25) is 0 Å². The van der Waals surface area contributed by atoms with Crippen LogP contribution in [0.1, 0.15) is 33.6 Å². The molecule has 0 amide bonds. The molecule has 17 heavy (non-hydrogen) atoms. The summed E-state index contributed by atoms with van der Waals surface area (Å²) in [5.74, 6) is 0. The molecule has 2 heteroatoms. The molecule has 1 aliphatic rings. The van der Waals surface area contributed by atoms with E-state index in [2.05, 4.69) is 18.1 Å². The number of aliphatic hydroxyl groups excluding tert-OH is 1. The zero-order valence-corrected chi connectivity index (χ0v) is 11.6. The maximum atomic E-state index is 9.59. The highest BCUT2D eigenvalue weighted by Crippen LogP contribution is 2.19. The van der Waals surface area contributed by atoms with Crippen LogP contribution in [0.3, 0.4) is 0 Å². The Morgan fingerprint density at radius 1 is 1.29 bits per heavy atom. The standard InChI is InChI=1S/C13H21NO.C2H6/c1-4-11-7-8-14(9-12(11)5-2)10-13(15)6-3;1-2/h4-5,13,15H,1-2,6-10H2,3H3;1-2H3. The Morgan fingerprint density at radius 3 is 2.35 bits per heavy atom. The van der Waals surface area contributed by atoms with Crippen LogP contribution in [0.15, 0.2) is 36.5 Å². The van der Waals surface area contributed by atoms with Crippen molar-refractivity contribution in [2.75, 3.05) is 19.6 Å². The molecule has 2 nitrogen and oxygen atoms in total. The molecule has 0 saturated carbocycles. The van der Waals surface area contributed by atoms with Crippen LogP contribution in [0.5, 0.6) is 0 Å². The van der Waals surface area contributed by atoms with Gasteiger partial charge in [0.15, 0.2) is 0 Å². The summed E-state index contributed by atoms with van der Waals surface area (Å²) in [6, 6.07) is 0. The smallest absolute Gasteiger partial charge is 0.0664 e. The van der Waals surface area contributed by atoms with E-state index in [0.717, 1.165) is 32.5 Å². The molecular formula is C15H27NO. The largest absolute Gasteiger partial charge is 0.392 e. The van der Waals surface area contributed by atoms with Crippen LogP contribution >= 0.6 is 0 Å².